The third-order valence-corrected chi connectivity index (χ3v) is 3.20. The van der Waals surface area contributed by atoms with Gasteiger partial charge in [0.05, 0.1) is 0 Å². The molecule has 1 nitrogen and oxygen atoms in total. The van der Waals surface area contributed by atoms with Gasteiger partial charge in [-0.3, -0.25) is 4.79 Å². The molecule has 0 N–H and O–H groups in total. The lowest BCUT2D eigenvalue weighted by Crippen LogP contribution is -2.15. The highest BCUT2D eigenvalue weighted by molar-refractivity contribution is 5.83. The van der Waals surface area contributed by atoms with Gasteiger partial charge in [-0.1, -0.05) is 13.0 Å². The molecule has 0 heterocycles. The summed E-state index contributed by atoms with van der Waals surface area (Å²) in [7, 11) is 0. The lowest BCUT2D eigenvalue weighted by Gasteiger charge is -2.08. The minimum atomic E-state index is -0.885. The fraction of sp³-hybridized carbons (Fsp3) is 0.462. The zero-order chi connectivity index (χ0) is 11.7. The monoisotopic (exact) mass is 224 g/mol. The third-order valence-electron chi connectivity index (χ3n) is 3.20. The zero-order valence-electron chi connectivity index (χ0n) is 9.17. The SMILES string of the molecule is CC(C(=O)Cc1ccc(F)c(F)c1)C1CC1. The first-order chi connectivity index (χ1) is 7.58. The molecule has 3 heteroatoms. The standard InChI is InChI=1S/C13H14F2O/c1-8(10-3-4-10)13(16)7-9-2-5-11(14)12(15)6-9/h2,5-6,8,10H,3-4,7H2,1H3. The number of Topliss-reactive ketones (excluding diaryl/α,β-unsaturated/α-hetero) is 1. The number of benzene rings is 1. The van der Waals surface area contributed by atoms with Crippen molar-refractivity contribution in [1.29, 1.82) is 0 Å². The number of ketones is 1. The summed E-state index contributed by atoms with van der Waals surface area (Å²) in [5, 5.41) is 0. The average Bonchev–Trinajstić information content (AvgIpc) is 3.06. The molecule has 2 rings (SSSR count). The molecule has 1 saturated carbocycles. The van der Waals surface area contributed by atoms with Gasteiger partial charge >= 0.3 is 0 Å². The Morgan fingerprint density at radius 2 is 2.06 bits per heavy atom. The van der Waals surface area contributed by atoms with Crippen LogP contribution in [0.5, 0.6) is 0 Å². The Balaban J connectivity index is 2.02. The number of rotatable bonds is 4. The first-order valence-corrected chi connectivity index (χ1v) is 5.54. The summed E-state index contributed by atoms with van der Waals surface area (Å²) in [6.45, 7) is 1.92. The van der Waals surface area contributed by atoms with Crippen molar-refractivity contribution in [1.82, 2.24) is 0 Å². The van der Waals surface area contributed by atoms with Gasteiger partial charge in [-0.2, -0.15) is 0 Å². The smallest absolute Gasteiger partial charge is 0.159 e. The summed E-state index contributed by atoms with van der Waals surface area (Å²) in [6.07, 6.45) is 2.43. The van der Waals surface area contributed by atoms with Crippen LogP contribution in [0.25, 0.3) is 0 Å². The fourth-order valence-corrected chi connectivity index (χ4v) is 1.87. The molecule has 1 atom stereocenters. The van der Waals surface area contributed by atoms with Gasteiger partial charge in [0.15, 0.2) is 11.6 Å². The van der Waals surface area contributed by atoms with Gasteiger partial charge in [-0.05, 0) is 36.5 Å². The zero-order valence-corrected chi connectivity index (χ0v) is 9.17. The van der Waals surface area contributed by atoms with Gasteiger partial charge in [0.1, 0.15) is 5.78 Å². The van der Waals surface area contributed by atoms with Crippen LogP contribution < -0.4 is 0 Å². The summed E-state index contributed by atoms with van der Waals surface area (Å²) in [4.78, 5) is 11.8. The van der Waals surface area contributed by atoms with Crippen molar-refractivity contribution in [3.8, 4) is 0 Å². The summed E-state index contributed by atoms with van der Waals surface area (Å²) >= 11 is 0. The van der Waals surface area contributed by atoms with Gasteiger partial charge in [0.2, 0.25) is 0 Å². The van der Waals surface area contributed by atoms with Crippen LogP contribution in [0.15, 0.2) is 18.2 Å². The van der Waals surface area contributed by atoms with E-state index in [0.29, 0.717) is 11.5 Å². The topological polar surface area (TPSA) is 17.1 Å². The lowest BCUT2D eigenvalue weighted by molar-refractivity contribution is -0.122. The van der Waals surface area contributed by atoms with Crippen LogP contribution in [0.2, 0.25) is 0 Å². The van der Waals surface area contributed by atoms with Crippen LogP contribution in [0.3, 0.4) is 0 Å². The molecule has 1 aliphatic carbocycles. The van der Waals surface area contributed by atoms with Crippen LogP contribution in [-0.4, -0.2) is 5.78 Å². The second-order valence-corrected chi connectivity index (χ2v) is 4.52. The van der Waals surface area contributed by atoms with E-state index in [2.05, 4.69) is 0 Å². The van der Waals surface area contributed by atoms with Crippen LogP contribution in [0.1, 0.15) is 25.3 Å². The van der Waals surface area contributed by atoms with E-state index in [1.54, 1.807) is 0 Å². The Bertz CT molecular complexity index is 410. The Labute approximate surface area is 93.5 Å². The molecule has 1 aromatic rings. The van der Waals surface area contributed by atoms with E-state index in [-0.39, 0.29) is 18.1 Å². The highest BCUT2D eigenvalue weighted by Gasteiger charge is 2.32. The van der Waals surface area contributed by atoms with Crippen molar-refractivity contribution in [2.75, 3.05) is 0 Å². The van der Waals surface area contributed by atoms with Crippen LogP contribution in [0, 0.1) is 23.5 Å². The van der Waals surface area contributed by atoms with Crippen LogP contribution in [-0.2, 0) is 11.2 Å². The van der Waals surface area contributed by atoms with E-state index in [1.807, 2.05) is 6.92 Å². The fourth-order valence-electron chi connectivity index (χ4n) is 1.87. The molecule has 0 aliphatic heterocycles. The average molecular weight is 224 g/mol. The Hall–Kier alpha value is -1.25. The van der Waals surface area contributed by atoms with Crippen molar-refractivity contribution in [3.05, 3.63) is 35.4 Å². The predicted octanol–water partition coefficient (Wildman–Crippen LogP) is 3.12. The van der Waals surface area contributed by atoms with Gasteiger partial charge < -0.3 is 0 Å². The highest BCUT2D eigenvalue weighted by Crippen LogP contribution is 2.37. The molecular weight excluding hydrogens is 210 g/mol. The number of hydrogen-bond acceptors (Lipinski definition) is 1. The van der Waals surface area contributed by atoms with Gasteiger partial charge in [-0.15, -0.1) is 0 Å². The molecule has 0 bridgehead atoms. The van der Waals surface area contributed by atoms with Crippen molar-refractivity contribution in [2.45, 2.75) is 26.2 Å². The van der Waals surface area contributed by atoms with E-state index >= 15 is 0 Å². The molecule has 0 aromatic heterocycles. The van der Waals surface area contributed by atoms with Crippen molar-refractivity contribution < 1.29 is 13.6 Å². The number of carbonyl (C=O) groups is 1. The number of hydrogen-bond donors (Lipinski definition) is 0. The lowest BCUT2D eigenvalue weighted by atomic mass is 9.95. The maximum atomic E-state index is 12.9. The Morgan fingerprint density at radius 1 is 1.38 bits per heavy atom. The Morgan fingerprint density at radius 3 is 2.62 bits per heavy atom. The molecule has 1 aromatic carbocycles. The first kappa shape index (κ1) is 11.2. The molecule has 16 heavy (non-hydrogen) atoms. The maximum absolute atomic E-state index is 12.9. The molecule has 0 saturated heterocycles. The van der Waals surface area contributed by atoms with Crippen molar-refractivity contribution >= 4 is 5.78 Å². The van der Waals surface area contributed by atoms with E-state index in [4.69, 9.17) is 0 Å². The molecule has 1 fully saturated rings. The van der Waals surface area contributed by atoms with Crippen molar-refractivity contribution in [3.63, 3.8) is 0 Å². The second-order valence-electron chi connectivity index (χ2n) is 4.52. The summed E-state index contributed by atoms with van der Waals surface area (Å²) in [5.74, 6) is -1.07. The minimum absolute atomic E-state index is 0.0492. The molecule has 86 valence electrons. The normalized spacial score (nSPS) is 17.2. The third kappa shape index (κ3) is 2.46. The maximum Gasteiger partial charge on any atom is 0.159 e. The largest absolute Gasteiger partial charge is 0.299 e. The number of carbonyl (C=O) groups excluding carboxylic acids is 1. The molecule has 1 unspecified atom stereocenters. The van der Waals surface area contributed by atoms with E-state index in [1.165, 1.54) is 6.07 Å². The first-order valence-electron chi connectivity index (χ1n) is 5.54. The van der Waals surface area contributed by atoms with E-state index in [9.17, 15) is 13.6 Å². The van der Waals surface area contributed by atoms with Gasteiger partial charge in [0, 0.05) is 12.3 Å². The number of halogens is 2. The van der Waals surface area contributed by atoms with Gasteiger partial charge in [0.25, 0.3) is 0 Å². The Kier molecular flexibility index (Phi) is 3.03. The predicted molar refractivity (Wildman–Crippen MR) is 57.0 cm³/mol. The minimum Gasteiger partial charge on any atom is -0.299 e. The van der Waals surface area contributed by atoms with E-state index < -0.39 is 11.6 Å². The van der Waals surface area contributed by atoms with Crippen molar-refractivity contribution in [2.24, 2.45) is 11.8 Å². The summed E-state index contributed by atoms with van der Waals surface area (Å²) in [6, 6.07) is 3.64. The highest BCUT2D eigenvalue weighted by atomic mass is 19.2. The van der Waals surface area contributed by atoms with E-state index in [0.717, 1.165) is 25.0 Å². The molecule has 0 radical (unpaired) electrons. The quantitative estimate of drug-likeness (QED) is 0.768. The summed E-state index contributed by atoms with van der Waals surface area (Å²) < 4.78 is 25.6. The van der Waals surface area contributed by atoms with Crippen LogP contribution in [0.4, 0.5) is 8.78 Å². The van der Waals surface area contributed by atoms with Crippen LogP contribution >= 0.6 is 0 Å². The molecular formula is C13H14F2O. The second kappa shape index (κ2) is 4.32. The van der Waals surface area contributed by atoms with Gasteiger partial charge in [-0.25, -0.2) is 8.78 Å². The summed E-state index contributed by atoms with van der Waals surface area (Å²) in [5.41, 5.74) is 0.552. The molecule has 0 spiro atoms. The molecule has 0 amide bonds. The molecule has 1 aliphatic rings.